The van der Waals surface area contributed by atoms with Gasteiger partial charge in [0.1, 0.15) is 5.82 Å². The average Bonchev–Trinajstić information content (AvgIpc) is 2.45. The molecule has 0 bridgehead atoms. The van der Waals surface area contributed by atoms with Crippen molar-refractivity contribution >= 4 is 5.69 Å². The second-order valence-corrected chi connectivity index (χ2v) is 6.82. The molecule has 1 heterocycles. The summed E-state index contributed by atoms with van der Waals surface area (Å²) in [6.45, 7) is 9.89. The van der Waals surface area contributed by atoms with Crippen molar-refractivity contribution in [1.82, 2.24) is 0 Å². The van der Waals surface area contributed by atoms with Crippen LogP contribution in [0, 0.1) is 17.7 Å². The van der Waals surface area contributed by atoms with Gasteiger partial charge in [0.15, 0.2) is 0 Å². The van der Waals surface area contributed by atoms with E-state index in [1.165, 1.54) is 6.42 Å². The van der Waals surface area contributed by atoms with Crippen molar-refractivity contribution in [2.75, 3.05) is 11.4 Å². The van der Waals surface area contributed by atoms with E-state index in [1.54, 1.807) is 6.07 Å². The first kappa shape index (κ1) is 16.3. The van der Waals surface area contributed by atoms with Gasteiger partial charge in [0, 0.05) is 29.9 Å². The van der Waals surface area contributed by atoms with Crippen LogP contribution in [0.1, 0.15) is 46.1 Å². The zero-order chi connectivity index (χ0) is 15.6. The molecule has 118 valence electrons. The van der Waals surface area contributed by atoms with Crippen LogP contribution in [-0.2, 0) is 6.42 Å². The molecule has 1 aliphatic rings. The summed E-state index contributed by atoms with van der Waals surface area (Å²) in [5.74, 6) is 1.16. The Morgan fingerprint density at radius 2 is 2.05 bits per heavy atom. The van der Waals surface area contributed by atoms with E-state index in [-0.39, 0.29) is 11.9 Å². The van der Waals surface area contributed by atoms with Gasteiger partial charge in [-0.25, -0.2) is 4.39 Å². The minimum Gasteiger partial charge on any atom is -0.368 e. The van der Waals surface area contributed by atoms with E-state index >= 15 is 0 Å². The van der Waals surface area contributed by atoms with Crippen LogP contribution in [-0.4, -0.2) is 18.6 Å². The zero-order valence-electron chi connectivity index (χ0n) is 13.8. The molecule has 0 aromatic heterocycles. The van der Waals surface area contributed by atoms with Crippen molar-refractivity contribution in [2.24, 2.45) is 17.6 Å². The molecular weight excluding hydrogens is 263 g/mol. The number of hydrogen-bond donors (Lipinski definition) is 1. The SMILES string of the molecule is CCC(N)Cc1c(F)cccc1N1CC(C)CC(C)C1C. The lowest BCUT2D eigenvalue weighted by Gasteiger charge is -2.43. The Hall–Kier alpha value is -1.09. The molecule has 21 heavy (non-hydrogen) atoms. The third-order valence-electron chi connectivity index (χ3n) is 4.99. The zero-order valence-corrected chi connectivity index (χ0v) is 13.8. The summed E-state index contributed by atoms with van der Waals surface area (Å²) in [4.78, 5) is 2.39. The highest BCUT2D eigenvalue weighted by Crippen LogP contribution is 2.34. The average molecular weight is 292 g/mol. The molecule has 1 aromatic rings. The van der Waals surface area contributed by atoms with Gasteiger partial charge in [0.2, 0.25) is 0 Å². The van der Waals surface area contributed by atoms with Crippen LogP contribution in [0.15, 0.2) is 18.2 Å². The van der Waals surface area contributed by atoms with Crippen molar-refractivity contribution < 1.29 is 4.39 Å². The quantitative estimate of drug-likeness (QED) is 0.909. The molecule has 0 amide bonds. The van der Waals surface area contributed by atoms with Gasteiger partial charge in [0.25, 0.3) is 0 Å². The van der Waals surface area contributed by atoms with Gasteiger partial charge in [-0.05, 0) is 50.2 Å². The highest BCUT2D eigenvalue weighted by atomic mass is 19.1. The van der Waals surface area contributed by atoms with Gasteiger partial charge in [0.05, 0.1) is 0 Å². The molecule has 1 aromatic carbocycles. The van der Waals surface area contributed by atoms with Gasteiger partial charge in [-0.15, -0.1) is 0 Å². The monoisotopic (exact) mass is 292 g/mol. The van der Waals surface area contributed by atoms with Crippen molar-refractivity contribution in [1.29, 1.82) is 0 Å². The van der Waals surface area contributed by atoms with Crippen LogP contribution in [0.4, 0.5) is 10.1 Å². The van der Waals surface area contributed by atoms with Crippen LogP contribution in [0.25, 0.3) is 0 Å². The maximum atomic E-state index is 14.3. The molecule has 1 aliphatic heterocycles. The number of benzene rings is 1. The molecule has 0 spiro atoms. The molecule has 3 heteroatoms. The van der Waals surface area contributed by atoms with Gasteiger partial charge in [-0.1, -0.05) is 26.8 Å². The first-order valence-corrected chi connectivity index (χ1v) is 8.23. The number of anilines is 1. The second kappa shape index (κ2) is 6.78. The minimum absolute atomic E-state index is 0.0237. The van der Waals surface area contributed by atoms with Gasteiger partial charge < -0.3 is 10.6 Å². The summed E-state index contributed by atoms with van der Waals surface area (Å²) in [7, 11) is 0. The fraction of sp³-hybridized carbons (Fsp3) is 0.667. The van der Waals surface area contributed by atoms with Crippen LogP contribution < -0.4 is 10.6 Å². The third-order valence-corrected chi connectivity index (χ3v) is 4.99. The largest absolute Gasteiger partial charge is 0.368 e. The summed E-state index contributed by atoms with van der Waals surface area (Å²) in [6.07, 6.45) is 2.73. The maximum Gasteiger partial charge on any atom is 0.128 e. The third kappa shape index (κ3) is 3.57. The van der Waals surface area contributed by atoms with Crippen molar-refractivity contribution in [3.8, 4) is 0 Å². The molecule has 0 radical (unpaired) electrons. The number of piperidine rings is 1. The molecule has 2 N–H and O–H groups in total. The predicted octanol–water partition coefficient (Wildman–Crippen LogP) is 3.98. The number of nitrogens with two attached hydrogens (primary N) is 1. The molecule has 0 aliphatic carbocycles. The van der Waals surface area contributed by atoms with Gasteiger partial charge >= 0.3 is 0 Å². The van der Waals surface area contributed by atoms with E-state index in [0.29, 0.717) is 24.3 Å². The highest BCUT2D eigenvalue weighted by Gasteiger charge is 2.30. The van der Waals surface area contributed by atoms with Gasteiger partial charge in [-0.2, -0.15) is 0 Å². The van der Waals surface area contributed by atoms with E-state index < -0.39 is 0 Å². The second-order valence-electron chi connectivity index (χ2n) is 6.82. The minimum atomic E-state index is -0.116. The molecular formula is C18H29FN2. The molecule has 2 nitrogen and oxygen atoms in total. The Bertz CT molecular complexity index is 474. The van der Waals surface area contributed by atoms with E-state index in [0.717, 1.165) is 24.2 Å². The fourth-order valence-corrected chi connectivity index (χ4v) is 3.46. The molecule has 2 rings (SSSR count). The molecule has 4 atom stereocenters. The molecule has 1 saturated heterocycles. The normalized spacial score (nSPS) is 27.7. The van der Waals surface area contributed by atoms with E-state index in [9.17, 15) is 4.39 Å². The van der Waals surface area contributed by atoms with Crippen LogP contribution in [0.3, 0.4) is 0 Å². The Balaban J connectivity index is 2.35. The predicted molar refractivity (Wildman–Crippen MR) is 88.1 cm³/mol. The Kier molecular flexibility index (Phi) is 5.26. The number of halogens is 1. The molecule has 1 fully saturated rings. The van der Waals surface area contributed by atoms with Crippen LogP contribution in [0.2, 0.25) is 0 Å². The summed E-state index contributed by atoms with van der Waals surface area (Å²) in [5.41, 5.74) is 7.91. The smallest absolute Gasteiger partial charge is 0.128 e. The standard InChI is InChI=1S/C18H29FN2/c1-5-15(20)10-16-17(19)7-6-8-18(16)21-11-12(2)9-13(3)14(21)4/h6-8,12-15H,5,9-11,20H2,1-4H3. The lowest BCUT2D eigenvalue weighted by Crippen LogP contribution is -2.46. The van der Waals surface area contributed by atoms with Crippen LogP contribution in [0.5, 0.6) is 0 Å². The lowest BCUT2D eigenvalue weighted by molar-refractivity contribution is 0.296. The van der Waals surface area contributed by atoms with E-state index in [1.807, 2.05) is 6.07 Å². The first-order chi connectivity index (χ1) is 9.93. The number of nitrogens with zero attached hydrogens (tertiary/aromatic N) is 1. The fourth-order valence-electron chi connectivity index (χ4n) is 3.46. The molecule has 4 unspecified atom stereocenters. The van der Waals surface area contributed by atoms with Crippen molar-refractivity contribution in [2.45, 2.75) is 59.0 Å². The number of hydrogen-bond acceptors (Lipinski definition) is 2. The summed E-state index contributed by atoms with van der Waals surface area (Å²) in [5, 5.41) is 0. The summed E-state index contributed by atoms with van der Waals surface area (Å²) in [6, 6.07) is 5.91. The van der Waals surface area contributed by atoms with Crippen molar-refractivity contribution in [3.05, 3.63) is 29.6 Å². The summed E-state index contributed by atoms with van der Waals surface area (Å²) >= 11 is 0. The topological polar surface area (TPSA) is 29.3 Å². The van der Waals surface area contributed by atoms with E-state index in [4.69, 9.17) is 5.73 Å². The van der Waals surface area contributed by atoms with Gasteiger partial charge in [-0.3, -0.25) is 0 Å². The van der Waals surface area contributed by atoms with E-state index in [2.05, 4.69) is 38.7 Å². The Morgan fingerprint density at radius 1 is 1.33 bits per heavy atom. The lowest BCUT2D eigenvalue weighted by atomic mass is 9.85. The first-order valence-electron chi connectivity index (χ1n) is 8.23. The van der Waals surface area contributed by atoms with Crippen molar-refractivity contribution in [3.63, 3.8) is 0 Å². The Labute approximate surface area is 128 Å². The molecule has 0 saturated carbocycles. The van der Waals surface area contributed by atoms with Crippen LogP contribution >= 0.6 is 0 Å². The number of rotatable bonds is 4. The highest BCUT2D eigenvalue weighted by molar-refractivity contribution is 5.56. The Morgan fingerprint density at radius 3 is 2.71 bits per heavy atom. The maximum absolute atomic E-state index is 14.3. The summed E-state index contributed by atoms with van der Waals surface area (Å²) < 4.78 is 14.3.